The summed E-state index contributed by atoms with van der Waals surface area (Å²) in [4.78, 5) is 12.2. The summed E-state index contributed by atoms with van der Waals surface area (Å²) in [6, 6.07) is 15.9. The molecule has 0 aliphatic rings. The molecule has 0 saturated carbocycles. The first-order valence-electron chi connectivity index (χ1n) is 9.33. The lowest BCUT2D eigenvalue weighted by Crippen LogP contribution is -2.45. The van der Waals surface area contributed by atoms with Gasteiger partial charge in [-0.15, -0.1) is 0 Å². The molecule has 2 aromatic carbocycles. The van der Waals surface area contributed by atoms with Crippen LogP contribution in [0.25, 0.3) is 0 Å². The number of rotatable bonds is 9. The number of ether oxygens (including phenoxy) is 2. The minimum atomic E-state index is -0.132. The van der Waals surface area contributed by atoms with E-state index in [1.54, 1.807) is 14.2 Å². The van der Waals surface area contributed by atoms with Gasteiger partial charge in [0.15, 0.2) is 0 Å². The number of benzene rings is 2. The smallest absolute Gasteiger partial charge is 0.315 e. The van der Waals surface area contributed by atoms with Crippen molar-refractivity contribution in [3.05, 3.63) is 59.7 Å². The van der Waals surface area contributed by atoms with Gasteiger partial charge in [0.25, 0.3) is 0 Å². The maximum absolute atomic E-state index is 12.2. The van der Waals surface area contributed by atoms with Crippen LogP contribution >= 0.6 is 0 Å². The predicted molar refractivity (Wildman–Crippen MR) is 109 cm³/mol. The highest BCUT2D eigenvalue weighted by Gasteiger charge is 2.11. The second-order valence-corrected chi connectivity index (χ2v) is 6.86. The highest BCUT2D eigenvalue weighted by Crippen LogP contribution is 2.14. The molecule has 2 atom stereocenters. The first-order chi connectivity index (χ1) is 13.0. The Kier molecular flexibility index (Phi) is 7.99. The van der Waals surface area contributed by atoms with Gasteiger partial charge >= 0.3 is 6.03 Å². The van der Waals surface area contributed by atoms with Crippen LogP contribution in [0, 0.1) is 0 Å². The molecule has 2 aromatic rings. The predicted octanol–water partition coefficient (Wildman–Crippen LogP) is 3.96. The summed E-state index contributed by atoms with van der Waals surface area (Å²) < 4.78 is 10.4. The Labute approximate surface area is 162 Å². The number of carbonyl (C=O) groups excluding carboxylic acids is 1. The molecule has 5 heteroatoms. The first kappa shape index (κ1) is 20.6. The zero-order chi connectivity index (χ0) is 19.6. The monoisotopic (exact) mass is 370 g/mol. The van der Waals surface area contributed by atoms with Crippen LogP contribution in [-0.4, -0.2) is 32.3 Å². The number of methoxy groups -OCH3 is 2. The normalized spacial score (nSPS) is 12.7. The van der Waals surface area contributed by atoms with Gasteiger partial charge in [-0.1, -0.05) is 24.3 Å². The van der Waals surface area contributed by atoms with E-state index in [2.05, 4.69) is 22.8 Å². The molecule has 2 N–H and O–H groups in total. The Morgan fingerprint density at radius 3 is 2.22 bits per heavy atom. The van der Waals surface area contributed by atoms with Crippen LogP contribution in [0.1, 0.15) is 31.4 Å². The van der Waals surface area contributed by atoms with E-state index in [0.717, 1.165) is 36.3 Å². The highest BCUT2D eigenvalue weighted by atomic mass is 16.5. The number of hydrogen-bond acceptors (Lipinski definition) is 3. The van der Waals surface area contributed by atoms with Crippen molar-refractivity contribution < 1.29 is 14.3 Å². The van der Waals surface area contributed by atoms with Gasteiger partial charge in [-0.3, -0.25) is 0 Å². The van der Waals surface area contributed by atoms with Crippen molar-refractivity contribution in [1.29, 1.82) is 0 Å². The van der Waals surface area contributed by atoms with Crippen LogP contribution in [0.3, 0.4) is 0 Å². The van der Waals surface area contributed by atoms with Gasteiger partial charge in [0.1, 0.15) is 11.5 Å². The fourth-order valence-corrected chi connectivity index (χ4v) is 2.94. The van der Waals surface area contributed by atoms with Crippen LogP contribution in [0.5, 0.6) is 11.5 Å². The van der Waals surface area contributed by atoms with Crippen LogP contribution in [-0.2, 0) is 12.8 Å². The molecule has 0 radical (unpaired) electrons. The summed E-state index contributed by atoms with van der Waals surface area (Å²) >= 11 is 0. The molecule has 146 valence electrons. The van der Waals surface area contributed by atoms with E-state index in [0.29, 0.717) is 0 Å². The van der Waals surface area contributed by atoms with E-state index < -0.39 is 0 Å². The molecule has 0 heterocycles. The third kappa shape index (κ3) is 7.21. The molecule has 0 aromatic heterocycles. The van der Waals surface area contributed by atoms with Crippen molar-refractivity contribution in [2.75, 3.05) is 14.2 Å². The molecule has 27 heavy (non-hydrogen) atoms. The van der Waals surface area contributed by atoms with E-state index in [1.807, 2.05) is 50.2 Å². The van der Waals surface area contributed by atoms with Gasteiger partial charge in [0.2, 0.25) is 0 Å². The molecule has 0 fully saturated rings. The maximum atomic E-state index is 12.2. The molecular weight excluding hydrogens is 340 g/mol. The third-order valence-corrected chi connectivity index (χ3v) is 4.46. The number of amides is 2. The summed E-state index contributed by atoms with van der Waals surface area (Å²) in [7, 11) is 3.32. The fraction of sp³-hybridized carbons (Fsp3) is 0.409. The van der Waals surface area contributed by atoms with Gasteiger partial charge in [-0.2, -0.15) is 0 Å². The van der Waals surface area contributed by atoms with Crippen molar-refractivity contribution in [3.8, 4) is 11.5 Å². The topological polar surface area (TPSA) is 59.6 Å². The molecule has 5 nitrogen and oxygen atoms in total. The summed E-state index contributed by atoms with van der Waals surface area (Å²) in [5.74, 6) is 1.69. The fourth-order valence-electron chi connectivity index (χ4n) is 2.94. The minimum Gasteiger partial charge on any atom is -0.497 e. The Bertz CT molecular complexity index is 716. The number of carbonyl (C=O) groups is 1. The average molecular weight is 370 g/mol. The lowest BCUT2D eigenvalue weighted by Gasteiger charge is -2.18. The van der Waals surface area contributed by atoms with Crippen molar-refractivity contribution in [3.63, 3.8) is 0 Å². The van der Waals surface area contributed by atoms with Gasteiger partial charge in [0, 0.05) is 12.1 Å². The molecule has 0 spiro atoms. The Morgan fingerprint density at radius 2 is 1.56 bits per heavy atom. The summed E-state index contributed by atoms with van der Waals surface area (Å²) in [5.41, 5.74) is 2.37. The van der Waals surface area contributed by atoms with Crippen LogP contribution < -0.4 is 20.1 Å². The Morgan fingerprint density at radius 1 is 0.889 bits per heavy atom. The number of nitrogens with one attached hydrogen (secondary N) is 2. The Balaban J connectivity index is 1.73. The summed E-state index contributed by atoms with van der Waals surface area (Å²) in [5, 5.41) is 6.02. The van der Waals surface area contributed by atoms with Gasteiger partial charge in [-0.25, -0.2) is 4.79 Å². The SMILES string of the molecule is COc1ccc(CCC(C)NC(=O)NC(C)Cc2cccc(OC)c2)cc1. The molecule has 2 amide bonds. The van der Waals surface area contributed by atoms with E-state index in [9.17, 15) is 4.79 Å². The summed E-state index contributed by atoms with van der Waals surface area (Å²) in [6.45, 7) is 4.02. The largest absolute Gasteiger partial charge is 0.497 e. The van der Waals surface area contributed by atoms with Gasteiger partial charge < -0.3 is 20.1 Å². The Hall–Kier alpha value is -2.69. The van der Waals surface area contributed by atoms with E-state index in [-0.39, 0.29) is 18.1 Å². The number of aryl methyl sites for hydroxylation is 1. The minimum absolute atomic E-state index is 0.0332. The zero-order valence-corrected chi connectivity index (χ0v) is 16.6. The van der Waals surface area contributed by atoms with E-state index in [4.69, 9.17) is 9.47 Å². The van der Waals surface area contributed by atoms with Crippen molar-refractivity contribution in [1.82, 2.24) is 10.6 Å². The number of hydrogen-bond donors (Lipinski definition) is 2. The van der Waals surface area contributed by atoms with Crippen molar-refractivity contribution >= 4 is 6.03 Å². The zero-order valence-electron chi connectivity index (χ0n) is 16.6. The van der Waals surface area contributed by atoms with E-state index in [1.165, 1.54) is 5.56 Å². The molecule has 0 saturated heterocycles. The van der Waals surface area contributed by atoms with E-state index >= 15 is 0 Å². The second-order valence-electron chi connectivity index (χ2n) is 6.86. The molecule has 2 unspecified atom stereocenters. The lowest BCUT2D eigenvalue weighted by molar-refractivity contribution is 0.234. The number of urea groups is 1. The average Bonchev–Trinajstić information content (AvgIpc) is 2.66. The van der Waals surface area contributed by atoms with Gasteiger partial charge in [-0.05, 0) is 68.5 Å². The van der Waals surface area contributed by atoms with Crippen LogP contribution in [0.15, 0.2) is 48.5 Å². The van der Waals surface area contributed by atoms with Crippen LogP contribution in [0.2, 0.25) is 0 Å². The van der Waals surface area contributed by atoms with Gasteiger partial charge in [0.05, 0.1) is 14.2 Å². The molecular formula is C22H30N2O3. The second kappa shape index (κ2) is 10.5. The molecule has 0 aliphatic carbocycles. The van der Waals surface area contributed by atoms with Crippen LogP contribution in [0.4, 0.5) is 4.79 Å². The molecule has 0 bridgehead atoms. The van der Waals surface area contributed by atoms with Crippen molar-refractivity contribution in [2.24, 2.45) is 0 Å². The summed E-state index contributed by atoms with van der Waals surface area (Å²) in [6.07, 6.45) is 2.54. The first-order valence-corrected chi connectivity index (χ1v) is 9.33. The maximum Gasteiger partial charge on any atom is 0.315 e. The quantitative estimate of drug-likeness (QED) is 0.702. The standard InChI is InChI=1S/C22H30N2O3/c1-16(8-9-18-10-12-20(26-3)13-11-18)23-22(25)24-17(2)14-19-6-5-7-21(15-19)27-4/h5-7,10-13,15-17H,8-9,14H2,1-4H3,(H2,23,24,25). The van der Waals surface area contributed by atoms with Crippen molar-refractivity contribution in [2.45, 2.75) is 45.2 Å². The molecule has 2 rings (SSSR count). The molecule has 0 aliphatic heterocycles. The highest BCUT2D eigenvalue weighted by molar-refractivity contribution is 5.74. The lowest BCUT2D eigenvalue weighted by atomic mass is 10.1. The third-order valence-electron chi connectivity index (χ3n) is 4.46.